The zero-order chi connectivity index (χ0) is 15.4. The molecular weight excluding hydrogens is 274 g/mol. The van der Waals surface area contributed by atoms with E-state index in [1.54, 1.807) is 4.90 Å². The summed E-state index contributed by atoms with van der Waals surface area (Å²) in [6, 6.07) is 18.4. The van der Waals surface area contributed by atoms with Gasteiger partial charge in [0.15, 0.2) is 0 Å². The van der Waals surface area contributed by atoms with Gasteiger partial charge in [-0.2, -0.15) is 0 Å². The van der Waals surface area contributed by atoms with E-state index in [-0.39, 0.29) is 12.1 Å². The molecule has 112 valence electrons. The van der Waals surface area contributed by atoms with Crippen molar-refractivity contribution in [1.29, 1.82) is 0 Å². The third kappa shape index (κ3) is 3.37. The summed E-state index contributed by atoms with van der Waals surface area (Å²) >= 11 is 0. The van der Waals surface area contributed by atoms with Gasteiger partial charge >= 0.3 is 6.09 Å². The molecule has 1 fully saturated rings. The van der Waals surface area contributed by atoms with E-state index in [9.17, 15) is 4.79 Å². The maximum Gasteiger partial charge on any atom is 0.414 e. The predicted molar refractivity (Wildman–Crippen MR) is 87.3 cm³/mol. The summed E-state index contributed by atoms with van der Waals surface area (Å²) in [7, 11) is 0. The van der Waals surface area contributed by atoms with E-state index in [4.69, 9.17) is 4.74 Å². The Balaban J connectivity index is 1.72. The SMILES string of the molecule is Cc1ccc(/C=C\N2C(=O)OC[C@@H]2Cc2ccccc2)cc1. The topological polar surface area (TPSA) is 29.5 Å². The largest absolute Gasteiger partial charge is 0.447 e. The molecule has 1 heterocycles. The van der Waals surface area contributed by atoms with Gasteiger partial charge < -0.3 is 4.74 Å². The molecule has 0 spiro atoms. The zero-order valence-electron chi connectivity index (χ0n) is 12.6. The normalized spacial score (nSPS) is 18.0. The van der Waals surface area contributed by atoms with Crippen LogP contribution in [0, 0.1) is 6.92 Å². The van der Waals surface area contributed by atoms with Gasteiger partial charge in [0.1, 0.15) is 6.61 Å². The van der Waals surface area contributed by atoms with Crippen LogP contribution in [-0.2, 0) is 11.2 Å². The predicted octanol–water partition coefficient (Wildman–Crippen LogP) is 4.03. The van der Waals surface area contributed by atoms with Gasteiger partial charge in [0.25, 0.3) is 0 Å². The standard InChI is InChI=1S/C19H19NO2/c1-15-7-9-16(10-8-15)11-12-20-18(14-22-19(20)21)13-17-5-3-2-4-6-17/h2-12,18H,13-14H2,1H3/b12-11-/t18-/m0/s1. The van der Waals surface area contributed by atoms with Gasteiger partial charge in [-0.3, -0.25) is 4.90 Å². The van der Waals surface area contributed by atoms with Crippen LogP contribution in [0.4, 0.5) is 4.79 Å². The first-order chi connectivity index (χ1) is 10.7. The van der Waals surface area contributed by atoms with E-state index in [1.807, 2.05) is 42.6 Å². The second kappa shape index (κ2) is 6.48. The Bertz CT molecular complexity index is 662. The lowest BCUT2D eigenvalue weighted by Crippen LogP contribution is -2.30. The summed E-state index contributed by atoms with van der Waals surface area (Å²) in [5, 5.41) is 0. The third-order valence-corrected chi connectivity index (χ3v) is 3.82. The molecule has 0 radical (unpaired) electrons. The van der Waals surface area contributed by atoms with Crippen molar-refractivity contribution in [3.63, 3.8) is 0 Å². The fraction of sp³-hybridized carbons (Fsp3) is 0.211. The number of rotatable bonds is 4. The van der Waals surface area contributed by atoms with Crippen molar-refractivity contribution >= 4 is 12.2 Å². The molecule has 1 aliphatic rings. The molecule has 3 rings (SSSR count). The lowest BCUT2D eigenvalue weighted by Gasteiger charge is -2.17. The number of carbonyl (C=O) groups excluding carboxylic acids is 1. The van der Waals surface area contributed by atoms with Gasteiger partial charge in [0.2, 0.25) is 0 Å². The lowest BCUT2D eigenvalue weighted by molar-refractivity contribution is 0.166. The van der Waals surface area contributed by atoms with Crippen molar-refractivity contribution in [2.75, 3.05) is 6.61 Å². The van der Waals surface area contributed by atoms with Crippen molar-refractivity contribution in [2.45, 2.75) is 19.4 Å². The molecular formula is C19H19NO2. The maximum atomic E-state index is 11.9. The van der Waals surface area contributed by atoms with E-state index >= 15 is 0 Å². The van der Waals surface area contributed by atoms with Gasteiger partial charge in [-0.25, -0.2) is 4.79 Å². The second-order valence-corrected chi connectivity index (χ2v) is 5.55. The van der Waals surface area contributed by atoms with E-state index in [2.05, 4.69) is 31.2 Å². The molecule has 2 aromatic rings. The Hall–Kier alpha value is -2.55. The Morgan fingerprint density at radius 1 is 1.14 bits per heavy atom. The number of benzene rings is 2. The number of nitrogens with zero attached hydrogens (tertiary/aromatic N) is 1. The molecule has 0 aromatic heterocycles. The van der Waals surface area contributed by atoms with Crippen LogP contribution in [0.2, 0.25) is 0 Å². The quantitative estimate of drug-likeness (QED) is 0.851. The Morgan fingerprint density at radius 2 is 1.86 bits per heavy atom. The number of cyclic esters (lactones) is 1. The van der Waals surface area contributed by atoms with Crippen LogP contribution in [0.1, 0.15) is 16.7 Å². The highest BCUT2D eigenvalue weighted by Crippen LogP contribution is 2.18. The van der Waals surface area contributed by atoms with Crippen LogP contribution in [0.3, 0.4) is 0 Å². The Kier molecular flexibility index (Phi) is 4.24. The van der Waals surface area contributed by atoms with Crippen LogP contribution in [0.15, 0.2) is 60.8 Å². The number of amides is 1. The maximum absolute atomic E-state index is 11.9. The van der Waals surface area contributed by atoms with Gasteiger partial charge in [0, 0.05) is 6.20 Å². The number of carbonyl (C=O) groups is 1. The molecule has 2 aromatic carbocycles. The molecule has 0 saturated carbocycles. The van der Waals surface area contributed by atoms with Crippen molar-refractivity contribution in [3.8, 4) is 0 Å². The van der Waals surface area contributed by atoms with Gasteiger partial charge in [-0.05, 0) is 30.5 Å². The minimum absolute atomic E-state index is 0.0524. The molecule has 1 aliphatic heterocycles. The van der Waals surface area contributed by atoms with Crippen molar-refractivity contribution in [1.82, 2.24) is 4.90 Å². The number of ether oxygens (including phenoxy) is 1. The molecule has 22 heavy (non-hydrogen) atoms. The van der Waals surface area contributed by atoms with Crippen molar-refractivity contribution in [2.24, 2.45) is 0 Å². The highest BCUT2D eigenvalue weighted by atomic mass is 16.6. The van der Waals surface area contributed by atoms with E-state index in [0.717, 1.165) is 12.0 Å². The number of hydrogen-bond donors (Lipinski definition) is 0. The Morgan fingerprint density at radius 3 is 2.59 bits per heavy atom. The van der Waals surface area contributed by atoms with Gasteiger partial charge in [-0.1, -0.05) is 60.2 Å². The molecule has 1 saturated heterocycles. The molecule has 3 nitrogen and oxygen atoms in total. The highest BCUT2D eigenvalue weighted by Gasteiger charge is 2.31. The van der Waals surface area contributed by atoms with Gasteiger partial charge in [0.05, 0.1) is 6.04 Å². The molecule has 0 unspecified atom stereocenters. The summed E-state index contributed by atoms with van der Waals surface area (Å²) in [5.41, 5.74) is 3.50. The van der Waals surface area contributed by atoms with Crippen LogP contribution in [0.25, 0.3) is 6.08 Å². The van der Waals surface area contributed by atoms with E-state index < -0.39 is 0 Å². The van der Waals surface area contributed by atoms with Crippen LogP contribution in [0.5, 0.6) is 0 Å². The smallest absolute Gasteiger partial charge is 0.414 e. The fourth-order valence-corrected chi connectivity index (χ4v) is 2.54. The first-order valence-electron chi connectivity index (χ1n) is 7.46. The lowest BCUT2D eigenvalue weighted by atomic mass is 10.1. The minimum Gasteiger partial charge on any atom is -0.447 e. The van der Waals surface area contributed by atoms with Crippen LogP contribution in [-0.4, -0.2) is 23.6 Å². The summed E-state index contributed by atoms with van der Waals surface area (Å²) in [4.78, 5) is 13.6. The average Bonchev–Trinajstić information content (AvgIpc) is 2.88. The average molecular weight is 293 g/mol. The van der Waals surface area contributed by atoms with E-state index in [0.29, 0.717) is 6.61 Å². The molecule has 0 N–H and O–H groups in total. The van der Waals surface area contributed by atoms with Gasteiger partial charge in [-0.15, -0.1) is 0 Å². The summed E-state index contributed by atoms with van der Waals surface area (Å²) < 4.78 is 5.19. The van der Waals surface area contributed by atoms with Crippen molar-refractivity contribution < 1.29 is 9.53 Å². The molecule has 0 bridgehead atoms. The zero-order valence-corrected chi connectivity index (χ0v) is 12.6. The minimum atomic E-state index is -0.274. The summed E-state index contributed by atoms with van der Waals surface area (Å²) in [6.45, 7) is 2.49. The third-order valence-electron chi connectivity index (χ3n) is 3.82. The molecule has 0 aliphatic carbocycles. The van der Waals surface area contributed by atoms with Crippen molar-refractivity contribution in [3.05, 3.63) is 77.5 Å². The number of aryl methyl sites for hydroxylation is 1. The van der Waals surface area contributed by atoms with Crippen LogP contribution >= 0.6 is 0 Å². The van der Waals surface area contributed by atoms with E-state index in [1.165, 1.54) is 11.1 Å². The number of hydrogen-bond acceptors (Lipinski definition) is 2. The summed E-state index contributed by atoms with van der Waals surface area (Å²) in [6.07, 6.45) is 4.30. The first-order valence-corrected chi connectivity index (χ1v) is 7.46. The monoisotopic (exact) mass is 293 g/mol. The molecule has 1 atom stereocenters. The second-order valence-electron chi connectivity index (χ2n) is 5.55. The van der Waals surface area contributed by atoms with Crippen LogP contribution < -0.4 is 0 Å². The summed E-state index contributed by atoms with van der Waals surface area (Å²) in [5.74, 6) is 0. The first kappa shape index (κ1) is 14.4. The Labute approximate surface area is 130 Å². The highest BCUT2D eigenvalue weighted by molar-refractivity contribution is 5.72. The molecule has 1 amide bonds. The molecule has 3 heteroatoms. The fourth-order valence-electron chi connectivity index (χ4n) is 2.54.